The number of benzene rings is 1. The third-order valence-electron chi connectivity index (χ3n) is 5.02. The van der Waals surface area contributed by atoms with E-state index in [1.807, 2.05) is 26.1 Å². The van der Waals surface area contributed by atoms with Gasteiger partial charge in [0.05, 0.1) is 18.0 Å². The first-order valence-electron chi connectivity index (χ1n) is 9.28. The second-order valence-corrected chi connectivity index (χ2v) is 7.92. The number of aryl methyl sites for hydroxylation is 2. The first-order chi connectivity index (χ1) is 13.3. The Labute approximate surface area is 168 Å². The minimum Gasteiger partial charge on any atom is -0.462 e. The van der Waals surface area contributed by atoms with Gasteiger partial charge in [0.1, 0.15) is 15.5 Å². The summed E-state index contributed by atoms with van der Waals surface area (Å²) >= 11 is 1.21. The fraction of sp³-hybridized carbons (Fsp3) is 0.381. The molecule has 1 N–H and O–H groups in total. The molecule has 0 aliphatic carbocycles. The predicted molar refractivity (Wildman–Crippen MR) is 112 cm³/mol. The second-order valence-electron chi connectivity index (χ2n) is 6.93. The molecule has 0 unspecified atom stereocenters. The van der Waals surface area contributed by atoms with E-state index in [1.54, 1.807) is 13.8 Å². The third-order valence-corrected chi connectivity index (χ3v) is 6.18. The number of fused-ring (bicyclic) bond motifs is 1. The maximum atomic E-state index is 12.7. The largest absolute Gasteiger partial charge is 0.462 e. The molecule has 3 aromatic rings. The van der Waals surface area contributed by atoms with E-state index in [-0.39, 0.29) is 11.6 Å². The van der Waals surface area contributed by atoms with Crippen LogP contribution in [-0.2, 0) is 11.3 Å². The molecule has 1 aromatic carbocycles. The third kappa shape index (κ3) is 3.86. The lowest BCUT2D eigenvalue weighted by Crippen LogP contribution is -2.26. The summed E-state index contributed by atoms with van der Waals surface area (Å²) in [5.74, 6) is 0.180. The first kappa shape index (κ1) is 20.2. The summed E-state index contributed by atoms with van der Waals surface area (Å²) in [7, 11) is 2.00. The molecule has 0 aliphatic heterocycles. The van der Waals surface area contributed by atoms with Crippen LogP contribution in [0.5, 0.6) is 0 Å². The van der Waals surface area contributed by atoms with Crippen molar-refractivity contribution in [3.63, 3.8) is 0 Å². The molecular weight excluding hydrogens is 374 g/mol. The van der Waals surface area contributed by atoms with Crippen LogP contribution in [0, 0.1) is 13.8 Å². The van der Waals surface area contributed by atoms with Crippen molar-refractivity contribution in [2.24, 2.45) is 0 Å². The average molecular weight is 400 g/mol. The predicted octanol–water partition coefficient (Wildman–Crippen LogP) is 3.97. The Morgan fingerprint density at radius 2 is 2.04 bits per heavy atom. The number of thiophene rings is 1. The van der Waals surface area contributed by atoms with Gasteiger partial charge in [0.15, 0.2) is 0 Å². The van der Waals surface area contributed by atoms with Crippen LogP contribution in [-0.4, -0.2) is 34.5 Å². The van der Waals surface area contributed by atoms with E-state index >= 15 is 0 Å². The number of hydrogen-bond donors (Lipinski definition) is 1. The number of rotatable bonds is 6. The molecule has 7 heteroatoms. The van der Waals surface area contributed by atoms with Crippen LogP contribution in [0.2, 0.25) is 0 Å². The number of nitrogens with one attached hydrogen (secondary N) is 1. The Kier molecular flexibility index (Phi) is 5.96. The second kappa shape index (κ2) is 8.24. The molecule has 0 saturated heterocycles. The van der Waals surface area contributed by atoms with Crippen molar-refractivity contribution in [3.05, 3.63) is 62.0 Å². The maximum Gasteiger partial charge on any atom is 0.348 e. The van der Waals surface area contributed by atoms with E-state index in [4.69, 9.17) is 4.74 Å². The zero-order valence-corrected chi connectivity index (χ0v) is 17.6. The van der Waals surface area contributed by atoms with Crippen molar-refractivity contribution in [2.45, 2.75) is 40.3 Å². The van der Waals surface area contributed by atoms with Gasteiger partial charge < -0.3 is 9.72 Å². The van der Waals surface area contributed by atoms with E-state index in [9.17, 15) is 9.59 Å². The zero-order valence-electron chi connectivity index (χ0n) is 16.8. The van der Waals surface area contributed by atoms with E-state index < -0.39 is 5.97 Å². The van der Waals surface area contributed by atoms with Crippen LogP contribution >= 0.6 is 11.3 Å². The standard InChI is InChI=1S/C21H25N3O3S/c1-6-27-21(26)17-13(3)16-19(25)22-18(23-20(16)28-17)14(4)24(5)11-15-10-8-7-9-12(15)2/h7-10,14H,6,11H2,1-5H3,(H,22,23,25)/t14-/m1/s1. The van der Waals surface area contributed by atoms with Gasteiger partial charge in [0, 0.05) is 6.54 Å². The van der Waals surface area contributed by atoms with Gasteiger partial charge in [-0.25, -0.2) is 9.78 Å². The highest BCUT2D eigenvalue weighted by Gasteiger charge is 2.22. The fourth-order valence-corrected chi connectivity index (χ4v) is 4.23. The molecule has 0 radical (unpaired) electrons. The summed E-state index contributed by atoms with van der Waals surface area (Å²) in [6.45, 7) is 8.65. The van der Waals surface area contributed by atoms with Crippen LogP contribution < -0.4 is 5.56 Å². The van der Waals surface area contributed by atoms with E-state index in [0.29, 0.717) is 33.1 Å². The molecule has 0 saturated carbocycles. The Hall–Kier alpha value is -2.51. The van der Waals surface area contributed by atoms with Crippen LogP contribution in [0.4, 0.5) is 0 Å². The topological polar surface area (TPSA) is 75.3 Å². The number of H-pyrrole nitrogens is 1. The summed E-state index contributed by atoms with van der Waals surface area (Å²) in [5, 5.41) is 0.463. The van der Waals surface area contributed by atoms with Gasteiger partial charge in [0.2, 0.25) is 0 Å². The minimum atomic E-state index is -0.409. The molecular formula is C21H25N3O3S. The fourth-order valence-electron chi connectivity index (χ4n) is 3.15. The van der Waals surface area contributed by atoms with E-state index in [2.05, 4.69) is 33.9 Å². The number of hydrogen-bond acceptors (Lipinski definition) is 6. The molecule has 28 heavy (non-hydrogen) atoms. The number of aromatic amines is 1. The molecule has 1 atom stereocenters. The maximum absolute atomic E-state index is 12.7. The highest BCUT2D eigenvalue weighted by Crippen LogP contribution is 2.29. The van der Waals surface area contributed by atoms with Crippen LogP contribution in [0.3, 0.4) is 0 Å². The van der Waals surface area contributed by atoms with Gasteiger partial charge >= 0.3 is 5.97 Å². The summed E-state index contributed by atoms with van der Waals surface area (Å²) in [6.07, 6.45) is 0. The number of nitrogens with zero attached hydrogens (tertiary/aromatic N) is 2. The Bertz CT molecular complexity index is 1070. The highest BCUT2D eigenvalue weighted by molar-refractivity contribution is 7.20. The Balaban J connectivity index is 1.93. The molecule has 0 fully saturated rings. The number of carbonyl (C=O) groups excluding carboxylic acids is 1. The number of esters is 1. The highest BCUT2D eigenvalue weighted by atomic mass is 32.1. The lowest BCUT2D eigenvalue weighted by Gasteiger charge is -2.24. The van der Waals surface area contributed by atoms with Gasteiger partial charge in [-0.2, -0.15) is 0 Å². The van der Waals surface area contributed by atoms with Gasteiger partial charge in [-0.15, -0.1) is 11.3 Å². The van der Waals surface area contributed by atoms with Crippen molar-refractivity contribution in [3.8, 4) is 0 Å². The quantitative estimate of drug-likeness (QED) is 0.635. The van der Waals surface area contributed by atoms with Crippen molar-refractivity contribution in [1.29, 1.82) is 0 Å². The molecule has 6 nitrogen and oxygen atoms in total. The molecule has 3 rings (SSSR count). The van der Waals surface area contributed by atoms with Crippen molar-refractivity contribution < 1.29 is 9.53 Å². The molecule has 0 spiro atoms. The molecule has 148 valence electrons. The Morgan fingerprint density at radius 3 is 2.71 bits per heavy atom. The van der Waals surface area contributed by atoms with Crippen LogP contribution in [0.1, 0.15) is 52.1 Å². The van der Waals surface area contributed by atoms with Gasteiger partial charge in [-0.1, -0.05) is 24.3 Å². The number of ether oxygens (including phenoxy) is 1. The van der Waals surface area contributed by atoms with Crippen molar-refractivity contribution in [2.75, 3.05) is 13.7 Å². The van der Waals surface area contributed by atoms with Crippen LogP contribution in [0.25, 0.3) is 10.2 Å². The van der Waals surface area contributed by atoms with E-state index in [0.717, 1.165) is 6.54 Å². The smallest absolute Gasteiger partial charge is 0.348 e. The van der Waals surface area contributed by atoms with Gasteiger partial charge in [0.25, 0.3) is 5.56 Å². The van der Waals surface area contributed by atoms with Crippen LogP contribution in [0.15, 0.2) is 29.1 Å². The molecule has 2 aromatic heterocycles. The molecule has 0 aliphatic rings. The van der Waals surface area contributed by atoms with Gasteiger partial charge in [-0.3, -0.25) is 9.69 Å². The summed E-state index contributed by atoms with van der Waals surface area (Å²) in [4.78, 5) is 35.5. The number of aromatic nitrogens is 2. The summed E-state index contributed by atoms with van der Waals surface area (Å²) < 4.78 is 5.09. The van der Waals surface area contributed by atoms with Gasteiger partial charge in [-0.05, 0) is 51.4 Å². The normalized spacial score (nSPS) is 12.5. The number of carbonyl (C=O) groups is 1. The monoisotopic (exact) mass is 399 g/mol. The van der Waals surface area contributed by atoms with Crippen molar-refractivity contribution in [1.82, 2.24) is 14.9 Å². The average Bonchev–Trinajstić information content (AvgIpc) is 3.00. The first-order valence-corrected chi connectivity index (χ1v) is 10.1. The molecule has 2 heterocycles. The Morgan fingerprint density at radius 1 is 1.32 bits per heavy atom. The van der Waals surface area contributed by atoms with Crippen molar-refractivity contribution >= 4 is 27.5 Å². The SMILES string of the molecule is CCOC(=O)c1sc2nc([C@@H](C)N(C)Cc3ccccc3C)[nH]c(=O)c2c1C. The molecule has 0 bridgehead atoms. The molecule has 0 amide bonds. The summed E-state index contributed by atoms with van der Waals surface area (Å²) in [5.41, 5.74) is 2.86. The zero-order chi connectivity index (χ0) is 20.4. The lowest BCUT2D eigenvalue weighted by atomic mass is 10.1. The lowest BCUT2D eigenvalue weighted by molar-refractivity contribution is 0.0531. The summed E-state index contributed by atoms with van der Waals surface area (Å²) in [6, 6.07) is 8.15. The van der Waals surface area contributed by atoms with E-state index in [1.165, 1.54) is 22.5 Å². The minimum absolute atomic E-state index is 0.0924.